The van der Waals surface area contributed by atoms with E-state index >= 15 is 0 Å². The van der Waals surface area contributed by atoms with Gasteiger partial charge in [-0.1, -0.05) is 42.5 Å². The van der Waals surface area contributed by atoms with Gasteiger partial charge in [0.15, 0.2) is 0 Å². The average Bonchev–Trinajstić information content (AvgIpc) is 2.97. The Bertz CT molecular complexity index is 1450. The third-order valence-electron chi connectivity index (χ3n) is 5.82. The fraction of sp³-hybridized carbons (Fsp3) is 0.167. The number of carbonyl (C=O) groups is 1. The summed E-state index contributed by atoms with van der Waals surface area (Å²) in [4.78, 5) is 17.5. The topological polar surface area (TPSA) is 93.5 Å². The Kier molecular flexibility index (Phi) is 8.85. The molecule has 0 aliphatic carbocycles. The van der Waals surface area contributed by atoms with Gasteiger partial charge in [-0.25, -0.2) is 4.98 Å². The Morgan fingerprint density at radius 3 is 2.26 bits per heavy atom. The van der Waals surface area contributed by atoms with Crippen LogP contribution in [0, 0.1) is 11.3 Å². The molecule has 38 heavy (non-hydrogen) atoms. The highest BCUT2D eigenvalue weighted by Gasteiger charge is 2.17. The summed E-state index contributed by atoms with van der Waals surface area (Å²) in [6.07, 6.45) is 0.222. The summed E-state index contributed by atoms with van der Waals surface area (Å²) in [5.41, 5.74) is 4.39. The highest BCUT2D eigenvalue weighted by atomic mass is 32.2. The number of rotatable bonds is 10. The van der Waals surface area contributed by atoms with Crippen molar-refractivity contribution in [3.8, 4) is 45.7 Å². The van der Waals surface area contributed by atoms with Gasteiger partial charge in [-0.05, 0) is 35.9 Å². The molecule has 0 saturated heterocycles. The Hall–Kier alpha value is -4.48. The van der Waals surface area contributed by atoms with E-state index < -0.39 is 0 Å². The van der Waals surface area contributed by atoms with Crippen molar-refractivity contribution in [3.63, 3.8) is 0 Å². The predicted molar refractivity (Wildman–Crippen MR) is 150 cm³/mol. The zero-order chi connectivity index (χ0) is 26.9. The Balaban J connectivity index is 1.58. The van der Waals surface area contributed by atoms with Gasteiger partial charge >= 0.3 is 0 Å². The smallest absolute Gasteiger partial charge is 0.225 e. The minimum absolute atomic E-state index is 0.172. The van der Waals surface area contributed by atoms with Crippen molar-refractivity contribution in [1.29, 1.82) is 5.26 Å². The van der Waals surface area contributed by atoms with Crippen molar-refractivity contribution in [3.05, 3.63) is 84.4 Å². The summed E-state index contributed by atoms with van der Waals surface area (Å²) in [5.74, 6) is 2.15. The largest absolute Gasteiger partial charge is 0.497 e. The van der Waals surface area contributed by atoms with Crippen LogP contribution in [0.2, 0.25) is 0 Å². The molecule has 1 N–H and O–H groups in total. The lowest BCUT2D eigenvalue weighted by molar-refractivity contribution is -0.115. The summed E-state index contributed by atoms with van der Waals surface area (Å²) in [5, 5.41) is 13.6. The number of ether oxygens (including phenoxy) is 3. The molecule has 0 fully saturated rings. The van der Waals surface area contributed by atoms with E-state index in [1.54, 1.807) is 32.4 Å². The number of nitrogens with zero attached hydrogens (tertiary/aromatic N) is 2. The molecule has 0 saturated carbocycles. The fourth-order valence-corrected chi connectivity index (χ4v) is 4.79. The molecule has 0 aliphatic rings. The van der Waals surface area contributed by atoms with E-state index in [0.29, 0.717) is 33.5 Å². The van der Waals surface area contributed by atoms with E-state index in [-0.39, 0.29) is 12.3 Å². The molecule has 8 heteroatoms. The number of nitrogens with one attached hydrogen (secondary N) is 1. The zero-order valence-corrected chi connectivity index (χ0v) is 22.2. The van der Waals surface area contributed by atoms with Crippen LogP contribution in [-0.4, -0.2) is 38.0 Å². The maximum absolute atomic E-state index is 12.7. The van der Waals surface area contributed by atoms with Crippen molar-refractivity contribution in [2.45, 2.75) is 11.4 Å². The van der Waals surface area contributed by atoms with Crippen LogP contribution in [0.5, 0.6) is 17.2 Å². The van der Waals surface area contributed by atoms with E-state index in [4.69, 9.17) is 19.2 Å². The second kappa shape index (κ2) is 12.7. The monoisotopic (exact) mass is 525 g/mol. The highest BCUT2D eigenvalue weighted by molar-refractivity contribution is 7.99. The van der Waals surface area contributed by atoms with Gasteiger partial charge in [-0.3, -0.25) is 4.79 Å². The standard InChI is InChI=1S/C30H27N3O4S/c1-35-22-11-9-20(10-12-22)24-18-27(21-7-5-4-6-8-21)33-30(25(24)19-31)38-16-15-29(34)32-26-14-13-23(36-2)17-28(26)37-3/h4-14,17-18H,15-16H2,1-3H3,(H,32,34). The van der Waals surface area contributed by atoms with Crippen LogP contribution >= 0.6 is 11.8 Å². The molecule has 7 nitrogen and oxygen atoms in total. The summed E-state index contributed by atoms with van der Waals surface area (Å²) in [6.45, 7) is 0. The first-order valence-corrected chi connectivity index (χ1v) is 12.8. The fourth-order valence-electron chi connectivity index (χ4n) is 3.84. The lowest BCUT2D eigenvalue weighted by Crippen LogP contribution is -2.13. The van der Waals surface area contributed by atoms with Crippen LogP contribution in [0.15, 0.2) is 83.9 Å². The van der Waals surface area contributed by atoms with Crippen LogP contribution < -0.4 is 19.5 Å². The Morgan fingerprint density at radius 1 is 0.895 bits per heavy atom. The molecule has 0 aliphatic heterocycles. The van der Waals surface area contributed by atoms with Crippen LogP contribution in [0.25, 0.3) is 22.4 Å². The summed E-state index contributed by atoms with van der Waals surface area (Å²) >= 11 is 1.38. The molecule has 1 aromatic heterocycles. The van der Waals surface area contributed by atoms with E-state index in [2.05, 4.69) is 11.4 Å². The van der Waals surface area contributed by atoms with Crippen molar-refractivity contribution in [2.24, 2.45) is 0 Å². The number of thioether (sulfide) groups is 1. The molecule has 192 valence electrons. The van der Waals surface area contributed by atoms with Crippen LogP contribution in [-0.2, 0) is 4.79 Å². The van der Waals surface area contributed by atoms with Crippen LogP contribution in [0.1, 0.15) is 12.0 Å². The maximum Gasteiger partial charge on any atom is 0.225 e. The van der Waals surface area contributed by atoms with Gasteiger partial charge in [-0.15, -0.1) is 11.8 Å². The van der Waals surface area contributed by atoms with Gasteiger partial charge < -0.3 is 19.5 Å². The molecule has 0 unspecified atom stereocenters. The van der Waals surface area contributed by atoms with Crippen molar-refractivity contribution in [2.75, 3.05) is 32.4 Å². The van der Waals surface area contributed by atoms with E-state index in [9.17, 15) is 10.1 Å². The van der Waals surface area contributed by atoms with E-state index in [0.717, 1.165) is 28.1 Å². The molecular weight excluding hydrogens is 498 g/mol. The normalized spacial score (nSPS) is 10.4. The molecule has 0 bridgehead atoms. The number of hydrogen-bond donors (Lipinski definition) is 1. The summed E-state index contributed by atoms with van der Waals surface area (Å²) in [7, 11) is 4.72. The van der Waals surface area contributed by atoms with Gasteiger partial charge in [0, 0.05) is 29.4 Å². The summed E-state index contributed by atoms with van der Waals surface area (Å²) < 4.78 is 15.9. The average molecular weight is 526 g/mol. The number of hydrogen-bond acceptors (Lipinski definition) is 7. The third kappa shape index (κ3) is 6.25. The molecular formula is C30H27N3O4S. The number of amides is 1. The molecule has 0 spiro atoms. The quantitative estimate of drug-likeness (QED) is 0.238. The minimum atomic E-state index is -0.172. The SMILES string of the molecule is COc1ccc(-c2cc(-c3ccccc3)nc(SCCC(=O)Nc3ccc(OC)cc3OC)c2C#N)cc1. The first kappa shape index (κ1) is 26.6. The van der Waals surface area contributed by atoms with E-state index in [1.165, 1.54) is 18.9 Å². The number of methoxy groups -OCH3 is 3. The van der Waals surface area contributed by atoms with Crippen molar-refractivity contribution < 1.29 is 19.0 Å². The number of anilines is 1. The van der Waals surface area contributed by atoms with Gasteiger partial charge in [0.2, 0.25) is 5.91 Å². The van der Waals surface area contributed by atoms with Crippen molar-refractivity contribution in [1.82, 2.24) is 4.98 Å². The van der Waals surface area contributed by atoms with Gasteiger partial charge in [0.05, 0.1) is 38.3 Å². The second-order valence-electron chi connectivity index (χ2n) is 8.15. The minimum Gasteiger partial charge on any atom is -0.497 e. The molecule has 4 rings (SSSR count). The summed E-state index contributed by atoms with van der Waals surface area (Å²) in [6, 6.07) is 26.9. The third-order valence-corrected chi connectivity index (χ3v) is 6.80. The molecule has 0 radical (unpaired) electrons. The van der Waals surface area contributed by atoms with Gasteiger partial charge in [-0.2, -0.15) is 5.26 Å². The van der Waals surface area contributed by atoms with Crippen LogP contribution in [0.3, 0.4) is 0 Å². The lowest BCUT2D eigenvalue weighted by Gasteiger charge is -2.13. The molecule has 1 amide bonds. The predicted octanol–water partition coefficient (Wildman–Crippen LogP) is 6.43. The Morgan fingerprint density at radius 2 is 1.61 bits per heavy atom. The van der Waals surface area contributed by atoms with E-state index in [1.807, 2.05) is 60.7 Å². The first-order valence-electron chi connectivity index (χ1n) is 11.9. The number of benzene rings is 3. The molecule has 3 aromatic carbocycles. The van der Waals surface area contributed by atoms with Crippen LogP contribution in [0.4, 0.5) is 5.69 Å². The highest BCUT2D eigenvalue weighted by Crippen LogP contribution is 2.35. The van der Waals surface area contributed by atoms with Gasteiger partial charge in [0.25, 0.3) is 0 Å². The zero-order valence-electron chi connectivity index (χ0n) is 21.4. The molecule has 0 atom stereocenters. The second-order valence-corrected chi connectivity index (χ2v) is 9.24. The lowest BCUT2D eigenvalue weighted by atomic mass is 9.99. The van der Waals surface area contributed by atoms with Crippen molar-refractivity contribution >= 4 is 23.4 Å². The first-order chi connectivity index (χ1) is 18.6. The van der Waals surface area contributed by atoms with Gasteiger partial charge in [0.1, 0.15) is 28.3 Å². The number of carbonyl (C=O) groups excluding carboxylic acids is 1. The number of aromatic nitrogens is 1. The number of pyridine rings is 1. The molecule has 4 aromatic rings. The maximum atomic E-state index is 12.7. The number of nitriles is 1. The molecule has 1 heterocycles. The Labute approximate surface area is 226 Å².